The van der Waals surface area contributed by atoms with Gasteiger partial charge in [-0.05, 0) is 108 Å². The Morgan fingerprint density at radius 1 is 0.246 bits per heavy atom. The van der Waals surface area contributed by atoms with Gasteiger partial charge in [0.1, 0.15) is 0 Å². The molecule has 57 heavy (non-hydrogen) atoms. The summed E-state index contributed by atoms with van der Waals surface area (Å²) in [6.07, 6.45) is 0. The van der Waals surface area contributed by atoms with E-state index in [2.05, 4.69) is 241 Å². The molecular weight excluding hydrogens is 687 g/mol. The van der Waals surface area contributed by atoms with Gasteiger partial charge < -0.3 is 4.90 Å². The molecule has 0 aliphatic rings. The molecule has 0 aliphatic heterocycles. The molecule has 10 aromatic rings. The van der Waals surface area contributed by atoms with Crippen LogP contribution in [0.5, 0.6) is 0 Å². The first-order valence-corrected chi connectivity index (χ1v) is 19.6. The Morgan fingerprint density at radius 2 is 0.754 bits per heavy atom. The molecule has 1 nitrogen and oxygen atoms in total. The standard InChI is InChI=1S/C56H39N/c1-4-16-41(17-5-1)50-37-34-46(39-54(50)44-20-8-3-9-21-44)40-32-35-48(36-33-40)57(55-31-15-23-42-22-10-11-28-51(42)55)49-27-12-26-47(38-49)53-30-14-25-45-24-13-29-52(56(45)53)43-18-6-2-7-19-43/h1-39H. The van der Waals surface area contributed by atoms with Crippen LogP contribution >= 0.6 is 0 Å². The fourth-order valence-corrected chi connectivity index (χ4v) is 8.34. The molecule has 0 bridgehead atoms. The highest BCUT2D eigenvalue weighted by molar-refractivity contribution is 6.07. The fourth-order valence-electron chi connectivity index (χ4n) is 8.34. The van der Waals surface area contributed by atoms with Crippen LogP contribution in [0.25, 0.3) is 77.2 Å². The van der Waals surface area contributed by atoms with Crippen LogP contribution in [0.2, 0.25) is 0 Å². The lowest BCUT2D eigenvalue weighted by Gasteiger charge is -2.27. The Balaban J connectivity index is 1.10. The van der Waals surface area contributed by atoms with E-state index >= 15 is 0 Å². The van der Waals surface area contributed by atoms with Crippen LogP contribution in [-0.2, 0) is 0 Å². The number of hydrogen-bond donors (Lipinski definition) is 0. The number of hydrogen-bond acceptors (Lipinski definition) is 1. The van der Waals surface area contributed by atoms with E-state index in [4.69, 9.17) is 0 Å². The summed E-state index contributed by atoms with van der Waals surface area (Å²) >= 11 is 0. The van der Waals surface area contributed by atoms with Crippen molar-refractivity contribution >= 4 is 38.6 Å². The lowest BCUT2D eigenvalue weighted by atomic mass is 9.91. The van der Waals surface area contributed by atoms with Crippen molar-refractivity contribution in [3.63, 3.8) is 0 Å². The van der Waals surface area contributed by atoms with Crippen molar-refractivity contribution in [1.82, 2.24) is 0 Å². The van der Waals surface area contributed by atoms with Crippen LogP contribution in [0.4, 0.5) is 17.1 Å². The van der Waals surface area contributed by atoms with E-state index in [-0.39, 0.29) is 0 Å². The number of benzene rings is 10. The smallest absolute Gasteiger partial charge is 0.0540 e. The summed E-state index contributed by atoms with van der Waals surface area (Å²) in [7, 11) is 0. The molecule has 0 radical (unpaired) electrons. The van der Waals surface area contributed by atoms with Gasteiger partial charge in [0.05, 0.1) is 5.69 Å². The molecule has 0 N–H and O–H groups in total. The normalized spacial score (nSPS) is 11.2. The zero-order valence-electron chi connectivity index (χ0n) is 31.5. The van der Waals surface area contributed by atoms with Crippen LogP contribution in [0.1, 0.15) is 0 Å². The van der Waals surface area contributed by atoms with E-state index in [1.54, 1.807) is 0 Å². The molecule has 0 aromatic heterocycles. The van der Waals surface area contributed by atoms with E-state index in [0.717, 1.165) is 17.1 Å². The average Bonchev–Trinajstić information content (AvgIpc) is 3.30. The summed E-state index contributed by atoms with van der Waals surface area (Å²) in [6.45, 7) is 0. The SMILES string of the molecule is c1ccc(-c2ccc(-c3ccc(N(c4cccc(-c5cccc6cccc(-c7ccccc7)c56)c4)c4cccc5ccccc45)cc3)cc2-c2ccccc2)cc1. The van der Waals surface area contributed by atoms with Gasteiger partial charge in [-0.2, -0.15) is 0 Å². The Bertz CT molecular complexity index is 2980. The van der Waals surface area contributed by atoms with Crippen LogP contribution < -0.4 is 4.90 Å². The maximum Gasteiger partial charge on any atom is 0.0540 e. The zero-order chi connectivity index (χ0) is 38.0. The van der Waals surface area contributed by atoms with Gasteiger partial charge >= 0.3 is 0 Å². The number of anilines is 3. The van der Waals surface area contributed by atoms with Gasteiger partial charge in [0, 0.05) is 16.8 Å². The summed E-state index contributed by atoms with van der Waals surface area (Å²) in [5, 5.41) is 4.90. The van der Waals surface area contributed by atoms with Crippen LogP contribution in [0, 0.1) is 0 Å². The van der Waals surface area contributed by atoms with Crippen LogP contribution in [0.3, 0.4) is 0 Å². The third kappa shape index (κ3) is 6.56. The summed E-state index contributed by atoms with van der Waals surface area (Å²) in [5.41, 5.74) is 15.4. The van der Waals surface area contributed by atoms with Crippen LogP contribution in [-0.4, -0.2) is 0 Å². The van der Waals surface area contributed by atoms with Crippen molar-refractivity contribution < 1.29 is 0 Å². The van der Waals surface area contributed by atoms with E-state index in [1.165, 1.54) is 77.2 Å². The molecule has 0 saturated heterocycles. The van der Waals surface area contributed by atoms with Crippen molar-refractivity contribution in [2.45, 2.75) is 0 Å². The molecule has 10 rings (SSSR count). The minimum absolute atomic E-state index is 1.10. The highest BCUT2D eigenvalue weighted by Gasteiger charge is 2.18. The van der Waals surface area contributed by atoms with Crippen molar-refractivity contribution in [2.24, 2.45) is 0 Å². The van der Waals surface area contributed by atoms with Gasteiger partial charge in [0.2, 0.25) is 0 Å². The van der Waals surface area contributed by atoms with Gasteiger partial charge in [-0.1, -0.05) is 200 Å². The predicted molar refractivity (Wildman–Crippen MR) is 243 cm³/mol. The first kappa shape index (κ1) is 34.0. The first-order valence-electron chi connectivity index (χ1n) is 19.6. The van der Waals surface area contributed by atoms with Gasteiger partial charge in [-0.25, -0.2) is 0 Å². The molecule has 268 valence electrons. The Kier molecular flexibility index (Phi) is 8.95. The third-order valence-electron chi connectivity index (χ3n) is 11.1. The maximum absolute atomic E-state index is 2.41. The zero-order valence-corrected chi connectivity index (χ0v) is 31.5. The quantitative estimate of drug-likeness (QED) is 0.151. The van der Waals surface area contributed by atoms with Gasteiger partial charge in [0.15, 0.2) is 0 Å². The lowest BCUT2D eigenvalue weighted by molar-refractivity contribution is 1.30. The molecule has 0 aliphatic carbocycles. The van der Waals surface area contributed by atoms with Gasteiger partial charge in [-0.15, -0.1) is 0 Å². The van der Waals surface area contributed by atoms with Gasteiger partial charge in [-0.3, -0.25) is 0 Å². The molecule has 0 spiro atoms. The highest BCUT2D eigenvalue weighted by atomic mass is 15.1. The van der Waals surface area contributed by atoms with Gasteiger partial charge in [0.25, 0.3) is 0 Å². The molecule has 0 atom stereocenters. The molecular formula is C56H39N. The monoisotopic (exact) mass is 725 g/mol. The van der Waals surface area contributed by atoms with E-state index in [1.807, 2.05) is 0 Å². The molecule has 0 fully saturated rings. The second-order valence-corrected chi connectivity index (χ2v) is 14.5. The van der Waals surface area contributed by atoms with Crippen LogP contribution in [0.15, 0.2) is 237 Å². The summed E-state index contributed by atoms with van der Waals surface area (Å²) < 4.78 is 0. The molecule has 10 aromatic carbocycles. The predicted octanol–water partition coefficient (Wildman–Crippen LogP) is 15.8. The summed E-state index contributed by atoms with van der Waals surface area (Å²) in [4.78, 5) is 2.41. The maximum atomic E-state index is 2.41. The topological polar surface area (TPSA) is 3.24 Å². The average molecular weight is 726 g/mol. The second kappa shape index (κ2) is 15.0. The Hall–Kier alpha value is -7.48. The van der Waals surface area contributed by atoms with Crippen molar-refractivity contribution in [3.8, 4) is 55.6 Å². The Labute approximate surface area is 334 Å². The molecule has 1 heteroatoms. The largest absolute Gasteiger partial charge is 0.310 e. The van der Waals surface area contributed by atoms with Crippen molar-refractivity contribution in [2.75, 3.05) is 4.90 Å². The third-order valence-corrected chi connectivity index (χ3v) is 11.1. The molecule has 0 saturated carbocycles. The van der Waals surface area contributed by atoms with Crippen molar-refractivity contribution in [1.29, 1.82) is 0 Å². The number of nitrogens with zero attached hydrogens (tertiary/aromatic N) is 1. The fraction of sp³-hybridized carbons (Fsp3) is 0. The number of fused-ring (bicyclic) bond motifs is 2. The van der Waals surface area contributed by atoms with E-state index < -0.39 is 0 Å². The van der Waals surface area contributed by atoms with E-state index in [0.29, 0.717) is 0 Å². The number of rotatable bonds is 8. The highest BCUT2D eigenvalue weighted by Crippen LogP contribution is 2.43. The minimum atomic E-state index is 1.10. The summed E-state index contributed by atoms with van der Waals surface area (Å²) in [6, 6.07) is 85.6. The summed E-state index contributed by atoms with van der Waals surface area (Å²) in [5.74, 6) is 0. The first-order chi connectivity index (χ1) is 28.3. The second-order valence-electron chi connectivity index (χ2n) is 14.5. The molecule has 0 amide bonds. The Morgan fingerprint density at radius 3 is 1.46 bits per heavy atom. The minimum Gasteiger partial charge on any atom is -0.310 e. The molecule has 0 unspecified atom stereocenters. The molecule has 0 heterocycles. The van der Waals surface area contributed by atoms with Crippen molar-refractivity contribution in [3.05, 3.63) is 237 Å². The van der Waals surface area contributed by atoms with E-state index in [9.17, 15) is 0 Å². The lowest BCUT2D eigenvalue weighted by Crippen LogP contribution is -2.10.